The molecular formula is C12H9F3O4. The van der Waals surface area contributed by atoms with Crippen LogP contribution >= 0.6 is 0 Å². The zero-order valence-corrected chi connectivity index (χ0v) is 9.78. The molecule has 7 heteroatoms. The molecule has 0 bridgehead atoms. The Balaban J connectivity index is 2.38. The van der Waals surface area contributed by atoms with Crippen molar-refractivity contribution in [3.8, 4) is 11.5 Å². The molecule has 1 unspecified atom stereocenters. The molecule has 102 valence electrons. The summed E-state index contributed by atoms with van der Waals surface area (Å²) in [5.74, 6) is -4.53. The van der Waals surface area contributed by atoms with Crippen LogP contribution in [0, 0.1) is 5.92 Å². The highest BCUT2D eigenvalue weighted by Crippen LogP contribution is 2.37. The van der Waals surface area contributed by atoms with E-state index in [1.54, 1.807) is 0 Å². The molecule has 0 N–H and O–H groups in total. The highest BCUT2D eigenvalue weighted by molar-refractivity contribution is 6.14. The molecule has 0 saturated heterocycles. The van der Waals surface area contributed by atoms with E-state index < -0.39 is 30.3 Å². The van der Waals surface area contributed by atoms with Crippen LogP contribution in [-0.4, -0.2) is 31.5 Å². The normalized spacial score (nSPS) is 18.5. The van der Waals surface area contributed by atoms with Gasteiger partial charge in [-0.15, -0.1) is 0 Å². The van der Waals surface area contributed by atoms with Gasteiger partial charge in [-0.3, -0.25) is 9.59 Å². The molecule has 0 spiro atoms. The third-order valence-electron chi connectivity index (χ3n) is 2.77. The van der Waals surface area contributed by atoms with E-state index in [1.807, 2.05) is 0 Å². The van der Waals surface area contributed by atoms with Crippen molar-refractivity contribution >= 4 is 11.6 Å². The fourth-order valence-electron chi connectivity index (χ4n) is 1.84. The number of alkyl halides is 3. The molecule has 4 nitrogen and oxygen atoms in total. The Morgan fingerprint density at radius 1 is 1.42 bits per heavy atom. The van der Waals surface area contributed by atoms with Crippen molar-refractivity contribution in [2.45, 2.75) is 6.18 Å². The van der Waals surface area contributed by atoms with Gasteiger partial charge in [0.15, 0.2) is 17.3 Å². The molecule has 0 aromatic heterocycles. The van der Waals surface area contributed by atoms with E-state index in [-0.39, 0.29) is 17.1 Å². The number of ether oxygens (including phenoxy) is 2. The number of benzene rings is 1. The van der Waals surface area contributed by atoms with Crippen LogP contribution in [0.1, 0.15) is 10.4 Å². The molecular weight excluding hydrogens is 265 g/mol. The van der Waals surface area contributed by atoms with E-state index in [9.17, 15) is 22.8 Å². The highest BCUT2D eigenvalue weighted by atomic mass is 19.4. The first-order valence-corrected chi connectivity index (χ1v) is 5.31. The molecule has 0 fully saturated rings. The van der Waals surface area contributed by atoms with Gasteiger partial charge in [0.25, 0.3) is 5.78 Å². The van der Waals surface area contributed by atoms with Crippen molar-refractivity contribution in [1.29, 1.82) is 0 Å². The minimum Gasteiger partial charge on any atom is -0.493 e. The van der Waals surface area contributed by atoms with Gasteiger partial charge in [0.05, 0.1) is 12.7 Å². The van der Waals surface area contributed by atoms with Crippen LogP contribution in [0.5, 0.6) is 11.5 Å². The lowest BCUT2D eigenvalue weighted by Gasteiger charge is -2.24. The summed E-state index contributed by atoms with van der Waals surface area (Å²) >= 11 is 0. The van der Waals surface area contributed by atoms with Crippen molar-refractivity contribution < 1.29 is 32.2 Å². The fraction of sp³-hybridized carbons (Fsp3) is 0.333. The number of hydrogen-bond acceptors (Lipinski definition) is 4. The maximum Gasteiger partial charge on any atom is 0.450 e. The summed E-state index contributed by atoms with van der Waals surface area (Å²) < 4.78 is 47.1. The van der Waals surface area contributed by atoms with Gasteiger partial charge in [0.2, 0.25) is 0 Å². The number of carbonyl (C=O) groups is 2. The molecule has 1 heterocycles. The number of methoxy groups -OCH3 is 1. The molecule has 1 aromatic carbocycles. The van der Waals surface area contributed by atoms with Gasteiger partial charge >= 0.3 is 6.18 Å². The monoisotopic (exact) mass is 274 g/mol. The zero-order valence-electron chi connectivity index (χ0n) is 9.78. The second-order valence-electron chi connectivity index (χ2n) is 3.93. The van der Waals surface area contributed by atoms with E-state index in [4.69, 9.17) is 9.47 Å². The first-order valence-electron chi connectivity index (χ1n) is 5.31. The highest BCUT2D eigenvalue weighted by Gasteiger charge is 2.48. The Labute approximate surface area is 106 Å². The average molecular weight is 274 g/mol. The van der Waals surface area contributed by atoms with Crippen LogP contribution in [0.3, 0.4) is 0 Å². The standard InChI is InChI=1S/C12H9F3O4/c1-18-8-4-2-3-6-9(16)7(5-19-10(6)8)11(17)12(13,14)15/h2-4,7H,5H2,1H3. The first kappa shape index (κ1) is 13.4. The molecule has 0 aliphatic carbocycles. The van der Waals surface area contributed by atoms with E-state index in [2.05, 4.69) is 0 Å². The minimum atomic E-state index is -5.06. The first-order chi connectivity index (χ1) is 8.86. The van der Waals surface area contributed by atoms with Crippen LogP contribution < -0.4 is 9.47 Å². The molecule has 0 radical (unpaired) electrons. The van der Waals surface area contributed by atoms with Crippen LogP contribution in [0.15, 0.2) is 18.2 Å². The molecule has 0 saturated carbocycles. The number of rotatable bonds is 2. The molecule has 1 aromatic rings. The fourth-order valence-corrected chi connectivity index (χ4v) is 1.84. The summed E-state index contributed by atoms with van der Waals surface area (Å²) in [6.45, 7) is -0.634. The number of halogens is 3. The summed E-state index contributed by atoms with van der Waals surface area (Å²) in [4.78, 5) is 23.1. The Morgan fingerprint density at radius 2 is 2.11 bits per heavy atom. The van der Waals surface area contributed by atoms with Crippen molar-refractivity contribution in [2.24, 2.45) is 5.92 Å². The lowest BCUT2D eigenvalue weighted by Crippen LogP contribution is -2.41. The third-order valence-corrected chi connectivity index (χ3v) is 2.77. The number of hydrogen-bond donors (Lipinski definition) is 0. The van der Waals surface area contributed by atoms with E-state index >= 15 is 0 Å². The smallest absolute Gasteiger partial charge is 0.450 e. The maximum absolute atomic E-state index is 12.3. The van der Waals surface area contributed by atoms with Crippen molar-refractivity contribution in [2.75, 3.05) is 13.7 Å². The maximum atomic E-state index is 12.3. The number of ketones is 2. The van der Waals surface area contributed by atoms with Gasteiger partial charge in [0.1, 0.15) is 12.5 Å². The summed E-state index contributed by atoms with van der Waals surface area (Å²) in [7, 11) is 1.34. The SMILES string of the molecule is COc1cccc2c1OCC(C(=O)C(F)(F)F)C2=O. The second-order valence-corrected chi connectivity index (χ2v) is 3.93. The van der Waals surface area contributed by atoms with Crippen LogP contribution in [0.4, 0.5) is 13.2 Å². The number of Topliss-reactive ketones (excluding diaryl/α,β-unsaturated/α-hetero) is 2. The van der Waals surface area contributed by atoms with Crippen LogP contribution in [0.25, 0.3) is 0 Å². The predicted octanol–water partition coefficient (Wildman–Crippen LogP) is 2.02. The van der Waals surface area contributed by atoms with E-state index in [1.165, 1.54) is 25.3 Å². The predicted molar refractivity (Wildman–Crippen MR) is 57.4 cm³/mol. The van der Waals surface area contributed by atoms with E-state index in [0.29, 0.717) is 0 Å². The molecule has 1 atom stereocenters. The molecule has 1 aliphatic heterocycles. The van der Waals surface area contributed by atoms with Crippen molar-refractivity contribution in [3.05, 3.63) is 23.8 Å². The van der Waals surface area contributed by atoms with Gasteiger partial charge in [-0.05, 0) is 12.1 Å². The Hall–Kier alpha value is -2.05. The average Bonchev–Trinajstić information content (AvgIpc) is 2.37. The van der Waals surface area contributed by atoms with Gasteiger partial charge in [0, 0.05) is 0 Å². The van der Waals surface area contributed by atoms with E-state index in [0.717, 1.165) is 0 Å². The quantitative estimate of drug-likeness (QED) is 0.774. The number of carbonyl (C=O) groups excluding carboxylic acids is 2. The minimum absolute atomic E-state index is 0.0706. The summed E-state index contributed by atoms with van der Waals surface area (Å²) in [5, 5.41) is 0. The Morgan fingerprint density at radius 3 is 2.68 bits per heavy atom. The lowest BCUT2D eigenvalue weighted by atomic mass is 9.91. The molecule has 1 aliphatic rings. The van der Waals surface area contributed by atoms with Crippen molar-refractivity contribution in [1.82, 2.24) is 0 Å². The lowest BCUT2D eigenvalue weighted by molar-refractivity contribution is -0.174. The Kier molecular flexibility index (Phi) is 3.21. The van der Waals surface area contributed by atoms with Gasteiger partial charge in [-0.1, -0.05) is 6.07 Å². The van der Waals surface area contributed by atoms with Crippen LogP contribution in [-0.2, 0) is 4.79 Å². The van der Waals surface area contributed by atoms with Gasteiger partial charge in [-0.25, -0.2) is 0 Å². The topological polar surface area (TPSA) is 52.6 Å². The summed E-state index contributed by atoms with van der Waals surface area (Å²) in [6.07, 6.45) is -5.06. The number of para-hydroxylation sites is 1. The number of fused-ring (bicyclic) bond motifs is 1. The Bertz CT molecular complexity index is 536. The van der Waals surface area contributed by atoms with Crippen LogP contribution in [0.2, 0.25) is 0 Å². The molecule has 0 amide bonds. The summed E-state index contributed by atoms with van der Waals surface area (Å²) in [6, 6.07) is 4.26. The van der Waals surface area contributed by atoms with Gasteiger partial charge < -0.3 is 9.47 Å². The third kappa shape index (κ3) is 2.27. The molecule has 2 rings (SSSR count). The van der Waals surface area contributed by atoms with Gasteiger partial charge in [-0.2, -0.15) is 13.2 Å². The largest absolute Gasteiger partial charge is 0.493 e. The molecule has 19 heavy (non-hydrogen) atoms. The summed E-state index contributed by atoms with van der Waals surface area (Å²) in [5.41, 5.74) is -0.0757. The zero-order chi connectivity index (χ0) is 14.2. The van der Waals surface area contributed by atoms with Crippen molar-refractivity contribution in [3.63, 3.8) is 0 Å². The second kappa shape index (κ2) is 4.56.